The predicted octanol–water partition coefficient (Wildman–Crippen LogP) is 5.34. The van der Waals surface area contributed by atoms with Crippen LogP contribution in [0, 0.1) is 11.8 Å². The third-order valence-electron chi connectivity index (χ3n) is 3.56. The molecule has 0 aromatic heterocycles. The van der Waals surface area contributed by atoms with E-state index in [1.165, 1.54) is 25.7 Å². The molecule has 0 heterocycles. The summed E-state index contributed by atoms with van der Waals surface area (Å²) in [7, 11) is 0. The van der Waals surface area contributed by atoms with E-state index in [9.17, 15) is 0 Å². The van der Waals surface area contributed by atoms with Crippen molar-refractivity contribution in [3.63, 3.8) is 0 Å². The molecule has 94 valence electrons. The van der Waals surface area contributed by atoms with Gasteiger partial charge in [0.2, 0.25) is 0 Å². The lowest BCUT2D eigenvalue weighted by molar-refractivity contribution is 0.293. The Balaban J connectivity index is 1.88. The van der Waals surface area contributed by atoms with Gasteiger partial charge >= 0.3 is 0 Å². The van der Waals surface area contributed by atoms with Crippen molar-refractivity contribution in [1.82, 2.24) is 0 Å². The van der Waals surface area contributed by atoms with Crippen molar-refractivity contribution in [3.05, 3.63) is 27.7 Å². The summed E-state index contributed by atoms with van der Waals surface area (Å²) in [6.45, 7) is 3.44. The second kappa shape index (κ2) is 6.10. The average Bonchev–Trinajstić information content (AvgIpc) is 2.28. The van der Waals surface area contributed by atoms with E-state index in [4.69, 9.17) is 11.6 Å². The van der Waals surface area contributed by atoms with Gasteiger partial charge in [-0.3, -0.25) is 0 Å². The summed E-state index contributed by atoms with van der Waals surface area (Å²) in [5.74, 6) is 1.71. The Morgan fingerprint density at radius 1 is 1.41 bits per heavy atom. The number of anilines is 1. The van der Waals surface area contributed by atoms with E-state index in [1.807, 2.05) is 18.2 Å². The minimum absolute atomic E-state index is 0.772. The van der Waals surface area contributed by atoms with Gasteiger partial charge in [-0.15, -0.1) is 0 Å². The number of rotatable bonds is 3. The van der Waals surface area contributed by atoms with Gasteiger partial charge in [-0.25, -0.2) is 0 Å². The SMILES string of the molecule is CC1CCCC(CNc2ccc(Cl)cc2Br)C1. The Kier molecular flexibility index (Phi) is 4.75. The molecule has 2 atom stereocenters. The van der Waals surface area contributed by atoms with E-state index in [2.05, 4.69) is 28.2 Å². The van der Waals surface area contributed by atoms with Gasteiger partial charge in [0.15, 0.2) is 0 Å². The highest BCUT2D eigenvalue weighted by molar-refractivity contribution is 9.10. The molecule has 1 fully saturated rings. The maximum atomic E-state index is 5.93. The van der Waals surface area contributed by atoms with Crippen molar-refractivity contribution >= 4 is 33.2 Å². The Bertz CT molecular complexity index is 380. The molecule has 1 aromatic carbocycles. The highest BCUT2D eigenvalue weighted by atomic mass is 79.9. The van der Waals surface area contributed by atoms with E-state index in [0.717, 1.165) is 33.6 Å². The lowest BCUT2D eigenvalue weighted by Crippen LogP contribution is -2.21. The zero-order chi connectivity index (χ0) is 12.3. The van der Waals surface area contributed by atoms with Crippen LogP contribution in [-0.2, 0) is 0 Å². The van der Waals surface area contributed by atoms with Crippen molar-refractivity contribution in [3.8, 4) is 0 Å². The highest BCUT2D eigenvalue weighted by Gasteiger charge is 2.18. The van der Waals surface area contributed by atoms with Crippen LogP contribution in [0.25, 0.3) is 0 Å². The van der Waals surface area contributed by atoms with Gasteiger partial charge in [-0.05, 0) is 58.8 Å². The molecule has 17 heavy (non-hydrogen) atoms. The Labute approximate surface area is 117 Å². The zero-order valence-corrected chi connectivity index (χ0v) is 12.5. The second-order valence-electron chi connectivity index (χ2n) is 5.14. The fourth-order valence-electron chi connectivity index (χ4n) is 2.63. The van der Waals surface area contributed by atoms with Crippen LogP contribution in [0.15, 0.2) is 22.7 Å². The van der Waals surface area contributed by atoms with Crippen LogP contribution in [0.1, 0.15) is 32.6 Å². The molecule has 3 heteroatoms. The number of halogens is 2. The fraction of sp³-hybridized carbons (Fsp3) is 0.571. The molecule has 0 amide bonds. The number of benzene rings is 1. The van der Waals surface area contributed by atoms with Crippen LogP contribution < -0.4 is 5.32 Å². The molecular weight excluding hydrogens is 298 g/mol. The molecule has 1 aliphatic carbocycles. The molecule has 0 spiro atoms. The lowest BCUT2D eigenvalue weighted by atomic mass is 9.82. The van der Waals surface area contributed by atoms with Crippen LogP contribution in [-0.4, -0.2) is 6.54 Å². The smallest absolute Gasteiger partial charge is 0.0485 e. The number of hydrogen-bond acceptors (Lipinski definition) is 1. The van der Waals surface area contributed by atoms with Gasteiger partial charge in [-0.2, -0.15) is 0 Å². The van der Waals surface area contributed by atoms with Crippen LogP contribution >= 0.6 is 27.5 Å². The summed E-state index contributed by atoms with van der Waals surface area (Å²) in [5, 5.41) is 4.30. The minimum Gasteiger partial charge on any atom is -0.384 e. The molecule has 1 saturated carbocycles. The van der Waals surface area contributed by atoms with Crippen molar-refractivity contribution in [2.24, 2.45) is 11.8 Å². The zero-order valence-electron chi connectivity index (χ0n) is 10.2. The lowest BCUT2D eigenvalue weighted by Gasteiger charge is -2.27. The molecule has 1 nitrogen and oxygen atoms in total. The number of nitrogens with one attached hydrogen (secondary N) is 1. The van der Waals surface area contributed by atoms with E-state index < -0.39 is 0 Å². The monoisotopic (exact) mass is 315 g/mol. The quantitative estimate of drug-likeness (QED) is 0.793. The second-order valence-corrected chi connectivity index (χ2v) is 6.43. The van der Waals surface area contributed by atoms with Crippen LogP contribution in [0.5, 0.6) is 0 Å². The van der Waals surface area contributed by atoms with Gasteiger partial charge < -0.3 is 5.32 Å². The summed E-state index contributed by atoms with van der Waals surface area (Å²) in [5.41, 5.74) is 1.15. The van der Waals surface area contributed by atoms with Gasteiger partial charge in [0.25, 0.3) is 0 Å². The molecule has 0 radical (unpaired) electrons. The molecule has 1 aromatic rings. The topological polar surface area (TPSA) is 12.0 Å². The summed E-state index contributed by atoms with van der Waals surface area (Å²) in [6.07, 6.45) is 5.51. The summed E-state index contributed by atoms with van der Waals surface area (Å²) in [6, 6.07) is 5.91. The van der Waals surface area contributed by atoms with Crippen molar-refractivity contribution in [2.75, 3.05) is 11.9 Å². The van der Waals surface area contributed by atoms with Crippen LogP contribution in [0.4, 0.5) is 5.69 Å². The highest BCUT2D eigenvalue weighted by Crippen LogP contribution is 2.30. The summed E-state index contributed by atoms with van der Waals surface area (Å²) >= 11 is 9.46. The van der Waals surface area contributed by atoms with Crippen molar-refractivity contribution in [1.29, 1.82) is 0 Å². The van der Waals surface area contributed by atoms with E-state index in [1.54, 1.807) is 0 Å². The maximum absolute atomic E-state index is 5.93. The van der Waals surface area contributed by atoms with Gasteiger partial charge in [0.05, 0.1) is 0 Å². The van der Waals surface area contributed by atoms with Crippen LogP contribution in [0.2, 0.25) is 5.02 Å². The third kappa shape index (κ3) is 3.89. The Hall–Kier alpha value is -0.210. The van der Waals surface area contributed by atoms with E-state index >= 15 is 0 Å². The fourth-order valence-corrected chi connectivity index (χ4v) is 3.46. The molecule has 1 N–H and O–H groups in total. The van der Waals surface area contributed by atoms with Crippen molar-refractivity contribution < 1.29 is 0 Å². The molecule has 0 aliphatic heterocycles. The Morgan fingerprint density at radius 3 is 2.94 bits per heavy atom. The first-order chi connectivity index (χ1) is 8.15. The summed E-state index contributed by atoms with van der Waals surface area (Å²) < 4.78 is 1.05. The molecule has 2 unspecified atom stereocenters. The van der Waals surface area contributed by atoms with E-state index in [-0.39, 0.29) is 0 Å². The predicted molar refractivity (Wildman–Crippen MR) is 78.8 cm³/mol. The van der Waals surface area contributed by atoms with E-state index in [0.29, 0.717) is 0 Å². The van der Waals surface area contributed by atoms with Gasteiger partial charge in [0.1, 0.15) is 0 Å². The van der Waals surface area contributed by atoms with Gasteiger partial charge in [0, 0.05) is 21.7 Å². The standard InChI is InChI=1S/C14H19BrClN/c1-10-3-2-4-11(7-10)9-17-14-6-5-12(16)8-13(14)15/h5-6,8,10-11,17H,2-4,7,9H2,1H3. The maximum Gasteiger partial charge on any atom is 0.0485 e. The number of hydrogen-bond donors (Lipinski definition) is 1. The third-order valence-corrected chi connectivity index (χ3v) is 4.45. The largest absolute Gasteiger partial charge is 0.384 e. The first kappa shape index (κ1) is 13.2. The molecule has 0 saturated heterocycles. The van der Waals surface area contributed by atoms with Gasteiger partial charge in [-0.1, -0.05) is 31.4 Å². The molecular formula is C14H19BrClN. The molecule has 2 rings (SSSR count). The first-order valence-corrected chi connectivity index (χ1v) is 7.51. The Morgan fingerprint density at radius 2 is 2.24 bits per heavy atom. The minimum atomic E-state index is 0.772. The summed E-state index contributed by atoms with van der Waals surface area (Å²) in [4.78, 5) is 0. The molecule has 0 bridgehead atoms. The normalized spacial score (nSPS) is 24.6. The van der Waals surface area contributed by atoms with Crippen LogP contribution in [0.3, 0.4) is 0 Å². The molecule has 1 aliphatic rings. The van der Waals surface area contributed by atoms with Crippen molar-refractivity contribution in [2.45, 2.75) is 32.6 Å². The first-order valence-electron chi connectivity index (χ1n) is 6.34. The average molecular weight is 317 g/mol.